The quantitative estimate of drug-likeness (QED) is 0.709. The lowest BCUT2D eigenvalue weighted by molar-refractivity contribution is -0.114. The average Bonchev–Trinajstić information content (AvgIpc) is 2.56. The first-order valence-corrected chi connectivity index (χ1v) is 8.15. The number of nitrogens with zero attached hydrogens (tertiary/aromatic N) is 1. The summed E-state index contributed by atoms with van der Waals surface area (Å²) < 4.78 is 13.6. The largest absolute Gasteiger partial charge is 0.326 e. The molecule has 0 aliphatic heterocycles. The Hall–Kier alpha value is -2.72. The number of halogens is 2. The predicted octanol–water partition coefficient (Wildman–Crippen LogP) is 5.09. The maximum atomic E-state index is 13.6. The highest BCUT2D eigenvalue weighted by Crippen LogP contribution is 2.28. The van der Waals surface area contributed by atoms with Gasteiger partial charge in [-0.05, 0) is 65.1 Å². The Morgan fingerprint density at radius 2 is 2.00 bits per heavy atom. The average molecular weight is 355 g/mol. The Morgan fingerprint density at radius 3 is 2.68 bits per heavy atom. The minimum atomic E-state index is -0.382. The molecular weight excluding hydrogens is 339 g/mol. The molecule has 3 aromatic rings. The molecule has 0 aliphatic carbocycles. The van der Waals surface area contributed by atoms with Crippen molar-refractivity contribution in [3.05, 3.63) is 82.9 Å². The molecule has 1 amide bonds. The second-order valence-corrected chi connectivity index (χ2v) is 6.19. The summed E-state index contributed by atoms with van der Waals surface area (Å²) in [5, 5.41) is 3.17. The predicted molar refractivity (Wildman–Crippen MR) is 98.2 cm³/mol. The van der Waals surface area contributed by atoms with Gasteiger partial charge in [0.05, 0.1) is 0 Å². The molecule has 3 rings (SSSR count). The zero-order valence-corrected chi connectivity index (χ0v) is 14.3. The van der Waals surface area contributed by atoms with Crippen LogP contribution in [0.15, 0.2) is 60.9 Å². The van der Waals surface area contributed by atoms with Crippen molar-refractivity contribution in [3.8, 4) is 11.1 Å². The van der Waals surface area contributed by atoms with E-state index < -0.39 is 0 Å². The van der Waals surface area contributed by atoms with Crippen LogP contribution >= 0.6 is 11.6 Å². The third kappa shape index (κ3) is 4.43. The molecular formula is C20H16ClFN2O. The third-order valence-corrected chi connectivity index (χ3v) is 3.95. The van der Waals surface area contributed by atoms with Gasteiger partial charge >= 0.3 is 0 Å². The maximum absolute atomic E-state index is 13.6. The summed E-state index contributed by atoms with van der Waals surface area (Å²) in [7, 11) is 0. The molecule has 0 atom stereocenters. The highest BCUT2D eigenvalue weighted by Gasteiger charge is 2.09. The minimum absolute atomic E-state index is 0.160. The van der Waals surface area contributed by atoms with Crippen LogP contribution in [0.1, 0.15) is 18.1 Å². The number of pyridine rings is 1. The number of nitrogens with one attached hydrogen (secondary N) is 1. The molecule has 0 fully saturated rings. The molecule has 0 saturated heterocycles. The van der Waals surface area contributed by atoms with Gasteiger partial charge in [-0.3, -0.25) is 9.78 Å². The van der Waals surface area contributed by atoms with Gasteiger partial charge in [0.1, 0.15) is 5.82 Å². The van der Waals surface area contributed by atoms with Crippen LogP contribution in [0, 0.1) is 5.82 Å². The van der Waals surface area contributed by atoms with E-state index in [0.717, 1.165) is 22.3 Å². The Bertz CT molecular complexity index is 893. The summed E-state index contributed by atoms with van der Waals surface area (Å²) >= 11 is 5.95. The molecule has 1 N–H and O–H groups in total. The second-order valence-electron chi connectivity index (χ2n) is 5.75. The smallest absolute Gasteiger partial charge is 0.221 e. The molecule has 0 bridgehead atoms. The molecule has 2 aromatic carbocycles. The molecule has 0 radical (unpaired) electrons. The van der Waals surface area contributed by atoms with Crippen LogP contribution in [0.5, 0.6) is 0 Å². The highest BCUT2D eigenvalue weighted by molar-refractivity contribution is 6.30. The Kier molecular flexibility index (Phi) is 5.10. The van der Waals surface area contributed by atoms with Crippen LogP contribution in [0.4, 0.5) is 10.1 Å². The number of carbonyl (C=O) groups excluding carboxylic acids is 1. The van der Waals surface area contributed by atoms with Gasteiger partial charge in [0.15, 0.2) is 0 Å². The van der Waals surface area contributed by atoms with E-state index in [2.05, 4.69) is 10.3 Å². The van der Waals surface area contributed by atoms with Crippen LogP contribution < -0.4 is 5.32 Å². The van der Waals surface area contributed by atoms with Gasteiger partial charge in [0.2, 0.25) is 5.91 Å². The van der Waals surface area contributed by atoms with Crippen molar-refractivity contribution in [1.29, 1.82) is 0 Å². The van der Waals surface area contributed by atoms with Crippen molar-refractivity contribution in [3.63, 3.8) is 0 Å². The fourth-order valence-electron chi connectivity index (χ4n) is 2.70. The molecule has 1 heterocycles. The van der Waals surface area contributed by atoms with Gasteiger partial charge in [-0.1, -0.05) is 23.7 Å². The van der Waals surface area contributed by atoms with Gasteiger partial charge in [0, 0.05) is 30.0 Å². The van der Waals surface area contributed by atoms with E-state index >= 15 is 0 Å². The van der Waals surface area contributed by atoms with Crippen molar-refractivity contribution in [2.24, 2.45) is 0 Å². The van der Waals surface area contributed by atoms with E-state index in [1.807, 2.05) is 30.3 Å². The van der Waals surface area contributed by atoms with Crippen LogP contribution in [-0.4, -0.2) is 10.9 Å². The lowest BCUT2D eigenvalue weighted by Gasteiger charge is -2.13. The van der Waals surface area contributed by atoms with Gasteiger partial charge in [0.25, 0.3) is 0 Å². The number of aromatic nitrogens is 1. The number of rotatable bonds is 4. The standard InChI is InChI=1S/C20H16ClFN2O/c1-13(25)24-20-5-4-15(16-3-2-6-23-12-16)10-17(20)7-14-8-18(21)11-19(22)9-14/h2-6,8-12H,7H2,1H3,(H,24,25). The Balaban J connectivity index is 2.02. The lowest BCUT2D eigenvalue weighted by Crippen LogP contribution is -2.08. The van der Waals surface area contributed by atoms with Gasteiger partial charge < -0.3 is 5.32 Å². The zero-order chi connectivity index (χ0) is 17.8. The van der Waals surface area contributed by atoms with E-state index in [0.29, 0.717) is 17.1 Å². The van der Waals surface area contributed by atoms with Crippen molar-refractivity contribution in [2.45, 2.75) is 13.3 Å². The molecule has 0 spiro atoms. The monoisotopic (exact) mass is 354 g/mol. The fourth-order valence-corrected chi connectivity index (χ4v) is 2.94. The van der Waals surface area contributed by atoms with Crippen molar-refractivity contribution >= 4 is 23.2 Å². The zero-order valence-electron chi connectivity index (χ0n) is 13.6. The first-order chi connectivity index (χ1) is 12.0. The topological polar surface area (TPSA) is 42.0 Å². The normalized spacial score (nSPS) is 10.5. The third-order valence-electron chi connectivity index (χ3n) is 3.73. The second kappa shape index (κ2) is 7.45. The van der Waals surface area contributed by atoms with Crippen molar-refractivity contribution < 1.29 is 9.18 Å². The minimum Gasteiger partial charge on any atom is -0.326 e. The summed E-state index contributed by atoms with van der Waals surface area (Å²) in [5.74, 6) is -0.542. The van der Waals surface area contributed by atoms with Crippen LogP contribution in [0.25, 0.3) is 11.1 Å². The molecule has 3 nitrogen and oxygen atoms in total. The van der Waals surface area contributed by atoms with Gasteiger partial charge in [-0.2, -0.15) is 0 Å². The number of carbonyl (C=O) groups is 1. The summed E-state index contributed by atoms with van der Waals surface area (Å²) in [4.78, 5) is 15.6. The molecule has 0 saturated carbocycles. The first kappa shape index (κ1) is 17.1. The number of hydrogen-bond acceptors (Lipinski definition) is 2. The molecule has 0 unspecified atom stereocenters. The van der Waals surface area contributed by atoms with E-state index in [4.69, 9.17) is 11.6 Å². The van der Waals surface area contributed by atoms with Crippen molar-refractivity contribution in [2.75, 3.05) is 5.32 Å². The van der Waals surface area contributed by atoms with E-state index in [1.165, 1.54) is 19.1 Å². The molecule has 5 heteroatoms. The summed E-state index contributed by atoms with van der Waals surface area (Å²) in [6.07, 6.45) is 3.93. The van der Waals surface area contributed by atoms with E-state index in [9.17, 15) is 9.18 Å². The van der Waals surface area contributed by atoms with E-state index in [-0.39, 0.29) is 11.7 Å². The summed E-state index contributed by atoms with van der Waals surface area (Å²) in [6.45, 7) is 1.46. The number of benzene rings is 2. The number of hydrogen-bond donors (Lipinski definition) is 1. The van der Waals surface area contributed by atoms with E-state index in [1.54, 1.807) is 18.5 Å². The molecule has 1 aromatic heterocycles. The first-order valence-electron chi connectivity index (χ1n) is 7.77. The molecule has 25 heavy (non-hydrogen) atoms. The summed E-state index contributed by atoms with van der Waals surface area (Å²) in [5.41, 5.74) is 4.24. The molecule has 0 aliphatic rings. The Morgan fingerprint density at radius 1 is 1.16 bits per heavy atom. The van der Waals surface area contributed by atoms with Crippen LogP contribution in [-0.2, 0) is 11.2 Å². The number of amides is 1. The van der Waals surface area contributed by atoms with Crippen LogP contribution in [0.3, 0.4) is 0 Å². The lowest BCUT2D eigenvalue weighted by atomic mass is 9.98. The molecule has 126 valence electrons. The SMILES string of the molecule is CC(=O)Nc1ccc(-c2cccnc2)cc1Cc1cc(F)cc(Cl)c1. The Labute approximate surface area is 150 Å². The van der Waals surface area contributed by atoms with Crippen molar-refractivity contribution in [1.82, 2.24) is 4.98 Å². The van der Waals surface area contributed by atoms with Gasteiger partial charge in [-0.15, -0.1) is 0 Å². The van der Waals surface area contributed by atoms with Gasteiger partial charge in [-0.25, -0.2) is 4.39 Å². The highest BCUT2D eigenvalue weighted by atomic mass is 35.5. The summed E-state index contributed by atoms with van der Waals surface area (Å²) in [6, 6.07) is 14.0. The number of anilines is 1. The fraction of sp³-hybridized carbons (Fsp3) is 0.100. The van der Waals surface area contributed by atoms with Crippen LogP contribution in [0.2, 0.25) is 5.02 Å². The maximum Gasteiger partial charge on any atom is 0.221 e.